The number of nitrogen functional groups attached to an aromatic ring is 1. The van der Waals surface area contributed by atoms with Crippen LogP contribution in [0.5, 0.6) is 0 Å². The second kappa shape index (κ2) is 4.69. The Balaban J connectivity index is 1.97. The molecule has 2 aromatic heterocycles. The van der Waals surface area contributed by atoms with Crippen LogP contribution in [-0.2, 0) is 13.5 Å². The van der Waals surface area contributed by atoms with Crippen molar-refractivity contribution in [3.05, 3.63) is 52.1 Å². The molecule has 0 spiro atoms. The van der Waals surface area contributed by atoms with Gasteiger partial charge in [0.1, 0.15) is 0 Å². The van der Waals surface area contributed by atoms with Crippen molar-refractivity contribution in [3.8, 4) is 0 Å². The molecule has 2 N–H and O–H groups in total. The molecule has 0 fully saturated rings. The molecule has 6 nitrogen and oxygen atoms in total. The van der Waals surface area contributed by atoms with E-state index in [4.69, 9.17) is 5.73 Å². The molecule has 0 aliphatic heterocycles. The summed E-state index contributed by atoms with van der Waals surface area (Å²) in [5.74, 6) is 0.187. The predicted octanol–water partition coefficient (Wildman–Crippen LogP) is 1.64. The van der Waals surface area contributed by atoms with Crippen LogP contribution in [0.1, 0.15) is 30.0 Å². The summed E-state index contributed by atoms with van der Waals surface area (Å²) in [6.07, 6.45) is 4.90. The van der Waals surface area contributed by atoms with Crippen molar-refractivity contribution >= 4 is 17.1 Å². The molecule has 2 heterocycles. The smallest absolute Gasteiger partial charge is 0.280 e. The molecule has 22 heavy (non-hydrogen) atoms. The number of rotatable bonds is 1. The number of aromatic nitrogens is 4. The van der Waals surface area contributed by atoms with Crippen LogP contribution in [0.25, 0.3) is 11.2 Å². The van der Waals surface area contributed by atoms with Crippen LogP contribution in [0.4, 0.5) is 5.95 Å². The van der Waals surface area contributed by atoms with E-state index in [9.17, 15) is 4.79 Å². The SMILES string of the molecule is Cn1c(N)nc2ncn(C3CCCc4ccccc43)c2c1=O. The Morgan fingerprint density at radius 3 is 3.00 bits per heavy atom. The van der Waals surface area contributed by atoms with Gasteiger partial charge < -0.3 is 10.3 Å². The van der Waals surface area contributed by atoms with E-state index in [2.05, 4.69) is 28.2 Å². The third kappa shape index (κ3) is 1.76. The zero-order valence-corrected chi connectivity index (χ0v) is 12.4. The highest BCUT2D eigenvalue weighted by atomic mass is 16.1. The van der Waals surface area contributed by atoms with E-state index >= 15 is 0 Å². The van der Waals surface area contributed by atoms with E-state index in [1.807, 2.05) is 10.6 Å². The molecule has 1 aliphatic carbocycles. The number of hydrogen-bond acceptors (Lipinski definition) is 4. The summed E-state index contributed by atoms with van der Waals surface area (Å²) in [4.78, 5) is 21.1. The van der Waals surface area contributed by atoms with Gasteiger partial charge in [0.05, 0.1) is 12.4 Å². The Morgan fingerprint density at radius 1 is 1.32 bits per heavy atom. The average molecular weight is 295 g/mol. The van der Waals surface area contributed by atoms with E-state index in [1.54, 1.807) is 13.4 Å². The van der Waals surface area contributed by atoms with Crippen LogP contribution in [0.2, 0.25) is 0 Å². The minimum atomic E-state index is -0.150. The lowest BCUT2D eigenvalue weighted by Gasteiger charge is -2.26. The van der Waals surface area contributed by atoms with Gasteiger partial charge in [0.15, 0.2) is 11.2 Å². The van der Waals surface area contributed by atoms with E-state index < -0.39 is 0 Å². The van der Waals surface area contributed by atoms with Crippen molar-refractivity contribution in [2.75, 3.05) is 5.73 Å². The molecule has 112 valence electrons. The molecule has 0 saturated heterocycles. The summed E-state index contributed by atoms with van der Waals surface area (Å²) < 4.78 is 3.33. The molecule has 0 radical (unpaired) electrons. The summed E-state index contributed by atoms with van der Waals surface area (Å²) >= 11 is 0. The van der Waals surface area contributed by atoms with Crippen molar-refractivity contribution in [2.45, 2.75) is 25.3 Å². The minimum Gasteiger partial charge on any atom is -0.369 e. The molecule has 4 rings (SSSR count). The van der Waals surface area contributed by atoms with E-state index in [-0.39, 0.29) is 17.5 Å². The van der Waals surface area contributed by atoms with Gasteiger partial charge in [-0.15, -0.1) is 0 Å². The summed E-state index contributed by atoms with van der Waals surface area (Å²) in [5.41, 5.74) is 9.17. The first kappa shape index (κ1) is 13.1. The number of benzene rings is 1. The number of hydrogen-bond donors (Lipinski definition) is 1. The fourth-order valence-corrected chi connectivity index (χ4v) is 3.34. The first-order valence-corrected chi connectivity index (χ1v) is 7.43. The minimum absolute atomic E-state index is 0.132. The lowest BCUT2D eigenvalue weighted by molar-refractivity contribution is 0.498. The highest BCUT2D eigenvalue weighted by molar-refractivity contribution is 5.71. The second-order valence-corrected chi connectivity index (χ2v) is 5.77. The molecule has 1 unspecified atom stereocenters. The number of fused-ring (bicyclic) bond motifs is 2. The molecule has 6 heteroatoms. The summed E-state index contributed by atoms with van der Waals surface area (Å²) in [6.45, 7) is 0. The van der Waals surface area contributed by atoms with Crippen molar-refractivity contribution in [1.82, 2.24) is 19.1 Å². The topological polar surface area (TPSA) is 78.7 Å². The molecule has 0 bridgehead atoms. The maximum Gasteiger partial charge on any atom is 0.280 e. The van der Waals surface area contributed by atoms with Crippen LogP contribution >= 0.6 is 0 Å². The molecule has 0 amide bonds. The Morgan fingerprint density at radius 2 is 2.14 bits per heavy atom. The van der Waals surface area contributed by atoms with Gasteiger partial charge in [-0.1, -0.05) is 24.3 Å². The van der Waals surface area contributed by atoms with Crippen LogP contribution in [0.3, 0.4) is 0 Å². The second-order valence-electron chi connectivity index (χ2n) is 5.77. The third-order valence-corrected chi connectivity index (χ3v) is 4.52. The largest absolute Gasteiger partial charge is 0.369 e. The van der Waals surface area contributed by atoms with Crippen LogP contribution in [0.15, 0.2) is 35.4 Å². The van der Waals surface area contributed by atoms with E-state index in [0.29, 0.717) is 11.2 Å². The maximum atomic E-state index is 12.6. The van der Waals surface area contributed by atoms with Crippen LogP contribution in [0, 0.1) is 0 Å². The predicted molar refractivity (Wildman–Crippen MR) is 84.7 cm³/mol. The Bertz CT molecular complexity index is 924. The number of nitrogens with two attached hydrogens (primary N) is 1. The highest BCUT2D eigenvalue weighted by Gasteiger charge is 2.24. The van der Waals surface area contributed by atoms with Crippen molar-refractivity contribution in [1.29, 1.82) is 0 Å². The van der Waals surface area contributed by atoms with Gasteiger partial charge in [0.2, 0.25) is 5.95 Å². The zero-order valence-electron chi connectivity index (χ0n) is 12.4. The molecule has 3 aromatic rings. The lowest BCUT2D eigenvalue weighted by atomic mass is 9.87. The Kier molecular flexibility index (Phi) is 2.79. The monoisotopic (exact) mass is 295 g/mol. The summed E-state index contributed by atoms with van der Waals surface area (Å²) in [6, 6.07) is 8.54. The number of nitrogens with zero attached hydrogens (tertiary/aromatic N) is 4. The Hall–Kier alpha value is -2.63. The van der Waals surface area contributed by atoms with Gasteiger partial charge in [0.25, 0.3) is 5.56 Å². The van der Waals surface area contributed by atoms with Crippen molar-refractivity contribution < 1.29 is 0 Å². The molecular formula is C16H17N5O. The highest BCUT2D eigenvalue weighted by Crippen LogP contribution is 2.33. The van der Waals surface area contributed by atoms with E-state index in [0.717, 1.165) is 19.3 Å². The summed E-state index contributed by atoms with van der Waals surface area (Å²) in [5, 5.41) is 0. The molecule has 1 aliphatic rings. The van der Waals surface area contributed by atoms with Gasteiger partial charge in [-0.2, -0.15) is 4.98 Å². The van der Waals surface area contributed by atoms with Crippen molar-refractivity contribution in [2.24, 2.45) is 7.05 Å². The van der Waals surface area contributed by atoms with Crippen LogP contribution < -0.4 is 11.3 Å². The first-order valence-electron chi connectivity index (χ1n) is 7.43. The third-order valence-electron chi connectivity index (χ3n) is 4.52. The van der Waals surface area contributed by atoms with Gasteiger partial charge in [-0.05, 0) is 30.4 Å². The van der Waals surface area contributed by atoms with Crippen molar-refractivity contribution in [3.63, 3.8) is 0 Å². The standard InChI is InChI=1S/C16H17N5O/c1-20-15(22)13-14(19-16(20)17)18-9-21(13)12-8-4-6-10-5-2-3-7-11(10)12/h2-3,5,7,9,12H,4,6,8H2,1H3,(H2,17,19). The Labute approximate surface area is 127 Å². The fraction of sp³-hybridized carbons (Fsp3) is 0.312. The molecule has 1 atom stereocenters. The number of imidazole rings is 1. The quantitative estimate of drug-likeness (QED) is 0.740. The van der Waals surface area contributed by atoms with Gasteiger partial charge in [-0.3, -0.25) is 9.36 Å². The zero-order chi connectivity index (χ0) is 15.3. The molecule has 1 aromatic carbocycles. The first-order chi connectivity index (χ1) is 10.7. The van der Waals surface area contributed by atoms with Gasteiger partial charge in [-0.25, -0.2) is 4.98 Å². The van der Waals surface area contributed by atoms with Crippen LogP contribution in [-0.4, -0.2) is 19.1 Å². The summed E-state index contributed by atoms with van der Waals surface area (Å²) in [7, 11) is 1.64. The number of anilines is 1. The molecule has 0 saturated carbocycles. The van der Waals surface area contributed by atoms with Gasteiger partial charge in [0, 0.05) is 7.05 Å². The lowest BCUT2D eigenvalue weighted by Crippen LogP contribution is -2.25. The van der Waals surface area contributed by atoms with E-state index in [1.165, 1.54) is 15.7 Å². The number of aryl methyl sites for hydroxylation is 1. The molecular weight excluding hydrogens is 278 g/mol. The maximum absolute atomic E-state index is 12.6. The fourth-order valence-electron chi connectivity index (χ4n) is 3.34. The average Bonchev–Trinajstić information content (AvgIpc) is 2.95. The normalized spacial score (nSPS) is 17.6. The van der Waals surface area contributed by atoms with Gasteiger partial charge >= 0.3 is 0 Å².